The third-order valence-electron chi connectivity index (χ3n) is 3.28. The van der Waals surface area contributed by atoms with E-state index < -0.39 is 0 Å². The lowest BCUT2D eigenvalue weighted by molar-refractivity contribution is 0.511. The molecule has 0 aliphatic heterocycles. The van der Waals surface area contributed by atoms with E-state index in [0.29, 0.717) is 11.9 Å². The summed E-state index contributed by atoms with van der Waals surface area (Å²) in [6.07, 6.45) is 4.77. The summed E-state index contributed by atoms with van der Waals surface area (Å²) in [6, 6.07) is 6.72. The van der Waals surface area contributed by atoms with Crippen LogP contribution in [-0.2, 0) is 19.4 Å². The van der Waals surface area contributed by atoms with Crippen LogP contribution >= 0.6 is 0 Å². The average Bonchev–Trinajstić information content (AvgIpc) is 2.87. The van der Waals surface area contributed by atoms with Gasteiger partial charge in [0.15, 0.2) is 0 Å². The van der Waals surface area contributed by atoms with Crippen LogP contribution < -0.4 is 11.1 Å². The maximum Gasteiger partial charge on any atom is 0.320 e. The molecule has 94 valence electrons. The van der Waals surface area contributed by atoms with Gasteiger partial charge in [0.05, 0.1) is 6.54 Å². The Morgan fingerprint density at radius 1 is 1.22 bits per heavy atom. The number of aryl methyl sites for hydroxylation is 1. The van der Waals surface area contributed by atoms with Crippen molar-refractivity contribution in [2.24, 2.45) is 5.73 Å². The Morgan fingerprint density at radius 2 is 2.11 bits per heavy atom. The number of rotatable bonds is 3. The van der Waals surface area contributed by atoms with E-state index in [0.717, 1.165) is 18.5 Å². The molecule has 0 radical (unpaired) electrons. The van der Waals surface area contributed by atoms with E-state index in [1.165, 1.54) is 24.0 Å². The van der Waals surface area contributed by atoms with Crippen molar-refractivity contribution in [1.29, 1.82) is 0 Å². The molecule has 5 heteroatoms. The summed E-state index contributed by atoms with van der Waals surface area (Å²) in [5.41, 5.74) is 9.30. The molecule has 1 aromatic heterocycles. The van der Waals surface area contributed by atoms with Gasteiger partial charge in [-0.25, -0.2) is 0 Å². The molecule has 0 spiro atoms. The van der Waals surface area contributed by atoms with Gasteiger partial charge in [-0.05, 0) is 42.9 Å². The van der Waals surface area contributed by atoms with E-state index in [1.807, 2.05) is 0 Å². The van der Waals surface area contributed by atoms with Gasteiger partial charge in [-0.3, -0.25) is 0 Å². The van der Waals surface area contributed by atoms with Gasteiger partial charge in [0.25, 0.3) is 0 Å². The molecule has 0 atom stereocenters. The summed E-state index contributed by atoms with van der Waals surface area (Å²) in [7, 11) is 0. The molecule has 0 bridgehead atoms. The van der Waals surface area contributed by atoms with Crippen LogP contribution in [0, 0.1) is 0 Å². The molecule has 0 amide bonds. The van der Waals surface area contributed by atoms with Crippen molar-refractivity contribution < 1.29 is 4.42 Å². The summed E-state index contributed by atoms with van der Waals surface area (Å²) < 4.78 is 5.37. The second kappa shape index (κ2) is 4.78. The fraction of sp³-hybridized carbons (Fsp3) is 0.385. The normalized spacial score (nSPS) is 14.3. The van der Waals surface area contributed by atoms with Gasteiger partial charge in [0.2, 0.25) is 5.89 Å². The Labute approximate surface area is 105 Å². The highest BCUT2D eigenvalue weighted by Gasteiger charge is 2.14. The number of hydrogen-bond acceptors (Lipinski definition) is 5. The van der Waals surface area contributed by atoms with Gasteiger partial charge in [0.1, 0.15) is 0 Å². The monoisotopic (exact) mass is 244 g/mol. The SMILES string of the molecule is NCc1nnc(Nc2cccc3c2CCCC3)o1. The molecule has 1 aromatic carbocycles. The summed E-state index contributed by atoms with van der Waals surface area (Å²) in [5.74, 6) is 0.447. The first-order valence-electron chi connectivity index (χ1n) is 6.27. The Balaban J connectivity index is 1.88. The van der Waals surface area contributed by atoms with E-state index in [4.69, 9.17) is 10.2 Å². The summed E-state index contributed by atoms with van der Waals surface area (Å²) in [6.45, 7) is 0.265. The highest BCUT2D eigenvalue weighted by atomic mass is 16.4. The molecule has 3 rings (SSSR count). The molecule has 0 saturated heterocycles. The minimum absolute atomic E-state index is 0.265. The van der Waals surface area contributed by atoms with Gasteiger partial charge >= 0.3 is 6.01 Å². The molecular formula is C13H16N4O. The molecule has 2 aromatic rings. The molecule has 0 fully saturated rings. The van der Waals surface area contributed by atoms with E-state index >= 15 is 0 Å². The zero-order valence-corrected chi connectivity index (χ0v) is 10.1. The summed E-state index contributed by atoms with van der Waals surface area (Å²) in [5, 5.41) is 11.0. The van der Waals surface area contributed by atoms with E-state index in [1.54, 1.807) is 0 Å². The quantitative estimate of drug-likeness (QED) is 0.865. The zero-order chi connectivity index (χ0) is 12.4. The van der Waals surface area contributed by atoms with E-state index in [9.17, 15) is 0 Å². The second-order valence-electron chi connectivity index (χ2n) is 4.48. The van der Waals surface area contributed by atoms with Crippen LogP contribution in [0.2, 0.25) is 0 Å². The topological polar surface area (TPSA) is 77.0 Å². The first-order valence-corrected chi connectivity index (χ1v) is 6.27. The van der Waals surface area contributed by atoms with Crippen LogP contribution in [0.3, 0.4) is 0 Å². The largest absolute Gasteiger partial charge is 0.406 e. The van der Waals surface area contributed by atoms with Crippen molar-refractivity contribution in [1.82, 2.24) is 10.2 Å². The summed E-state index contributed by atoms with van der Waals surface area (Å²) >= 11 is 0. The van der Waals surface area contributed by atoms with Gasteiger partial charge < -0.3 is 15.5 Å². The number of benzene rings is 1. The number of nitrogens with two attached hydrogens (primary N) is 1. The Morgan fingerprint density at radius 3 is 2.94 bits per heavy atom. The van der Waals surface area contributed by atoms with Crippen molar-refractivity contribution in [2.75, 3.05) is 5.32 Å². The standard InChI is InChI=1S/C13H16N4O/c14-8-12-16-17-13(18-12)15-11-7-3-5-9-4-1-2-6-10(9)11/h3,5,7H,1-2,4,6,8,14H2,(H,15,17). The lowest BCUT2D eigenvalue weighted by Crippen LogP contribution is -2.06. The Hall–Kier alpha value is -1.88. The van der Waals surface area contributed by atoms with Crippen LogP contribution in [-0.4, -0.2) is 10.2 Å². The molecule has 18 heavy (non-hydrogen) atoms. The Bertz CT molecular complexity index is 550. The molecule has 3 N–H and O–H groups in total. The van der Waals surface area contributed by atoms with Crippen LogP contribution in [0.5, 0.6) is 0 Å². The third kappa shape index (κ3) is 2.09. The zero-order valence-electron chi connectivity index (χ0n) is 10.1. The lowest BCUT2D eigenvalue weighted by Gasteiger charge is -2.18. The fourth-order valence-corrected chi connectivity index (χ4v) is 2.40. The highest BCUT2D eigenvalue weighted by Crippen LogP contribution is 2.29. The minimum Gasteiger partial charge on any atom is -0.406 e. The van der Waals surface area contributed by atoms with Gasteiger partial charge in [-0.15, -0.1) is 5.10 Å². The van der Waals surface area contributed by atoms with Crippen molar-refractivity contribution in [2.45, 2.75) is 32.2 Å². The third-order valence-corrected chi connectivity index (χ3v) is 3.28. The average molecular weight is 244 g/mol. The van der Waals surface area contributed by atoms with Crippen molar-refractivity contribution in [3.63, 3.8) is 0 Å². The fourth-order valence-electron chi connectivity index (χ4n) is 2.40. The smallest absolute Gasteiger partial charge is 0.320 e. The summed E-state index contributed by atoms with van der Waals surface area (Å²) in [4.78, 5) is 0. The minimum atomic E-state index is 0.265. The predicted octanol–water partition coefficient (Wildman–Crippen LogP) is 2.15. The molecule has 0 saturated carbocycles. The second-order valence-corrected chi connectivity index (χ2v) is 4.48. The van der Waals surface area contributed by atoms with Crippen LogP contribution in [0.4, 0.5) is 11.7 Å². The predicted molar refractivity (Wildman–Crippen MR) is 68.6 cm³/mol. The number of nitrogens with one attached hydrogen (secondary N) is 1. The lowest BCUT2D eigenvalue weighted by atomic mass is 9.90. The van der Waals surface area contributed by atoms with Gasteiger partial charge in [-0.2, -0.15) is 0 Å². The van der Waals surface area contributed by atoms with Crippen molar-refractivity contribution in [3.8, 4) is 0 Å². The van der Waals surface area contributed by atoms with E-state index in [-0.39, 0.29) is 6.54 Å². The van der Waals surface area contributed by atoms with Crippen molar-refractivity contribution in [3.05, 3.63) is 35.2 Å². The molecule has 1 heterocycles. The number of hydrogen-bond donors (Lipinski definition) is 2. The van der Waals surface area contributed by atoms with Gasteiger partial charge in [-0.1, -0.05) is 17.2 Å². The maximum atomic E-state index is 5.44. The highest BCUT2D eigenvalue weighted by molar-refractivity contribution is 5.60. The number of nitrogens with zero attached hydrogens (tertiary/aromatic N) is 2. The van der Waals surface area contributed by atoms with E-state index in [2.05, 4.69) is 33.7 Å². The molecule has 5 nitrogen and oxygen atoms in total. The maximum absolute atomic E-state index is 5.44. The molecule has 0 unspecified atom stereocenters. The first kappa shape index (κ1) is 11.2. The number of fused-ring (bicyclic) bond motifs is 1. The molecule has 1 aliphatic rings. The Kier molecular flexibility index (Phi) is 2.98. The van der Waals surface area contributed by atoms with Gasteiger partial charge in [0, 0.05) is 5.69 Å². The van der Waals surface area contributed by atoms with Crippen LogP contribution in [0.15, 0.2) is 22.6 Å². The van der Waals surface area contributed by atoms with Crippen molar-refractivity contribution >= 4 is 11.7 Å². The molecular weight excluding hydrogens is 228 g/mol. The first-order chi connectivity index (χ1) is 8.86. The number of aromatic nitrogens is 2. The molecule has 1 aliphatic carbocycles. The van der Waals surface area contributed by atoms with Crippen LogP contribution in [0.25, 0.3) is 0 Å². The van der Waals surface area contributed by atoms with Crippen LogP contribution in [0.1, 0.15) is 29.9 Å². The number of anilines is 2.